The molecular formula is C41H46ClFN8O7S4. The number of hydrogen-bond acceptors (Lipinski definition) is 16. The van der Waals surface area contributed by atoms with Crippen molar-refractivity contribution in [2.24, 2.45) is 0 Å². The summed E-state index contributed by atoms with van der Waals surface area (Å²) in [4.78, 5) is 13.9. The van der Waals surface area contributed by atoms with Crippen molar-refractivity contribution in [1.82, 2.24) is 28.3 Å². The van der Waals surface area contributed by atoms with Crippen LogP contribution in [0.15, 0.2) is 107 Å². The molecule has 62 heavy (non-hydrogen) atoms. The van der Waals surface area contributed by atoms with Crippen LogP contribution in [0.3, 0.4) is 0 Å². The highest BCUT2D eigenvalue weighted by Crippen LogP contribution is 2.26. The quantitative estimate of drug-likeness (QED) is 0.143. The van der Waals surface area contributed by atoms with Gasteiger partial charge >= 0.3 is 0 Å². The lowest BCUT2D eigenvalue weighted by molar-refractivity contribution is 0.384. The number of benzene rings is 4. The molecule has 6 aromatic rings. The van der Waals surface area contributed by atoms with Crippen LogP contribution in [0.1, 0.15) is 22.8 Å². The molecule has 330 valence electrons. The summed E-state index contributed by atoms with van der Waals surface area (Å²) in [5.41, 5.74) is 2.12. The Morgan fingerprint density at radius 2 is 1.13 bits per heavy atom. The van der Waals surface area contributed by atoms with Crippen molar-refractivity contribution in [2.75, 3.05) is 83.5 Å². The predicted octanol–water partition coefficient (Wildman–Crippen LogP) is 5.96. The number of aromatic nitrogens is 4. The molecule has 4 heterocycles. The van der Waals surface area contributed by atoms with E-state index < -0.39 is 19.1 Å². The van der Waals surface area contributed by atoms with Gasteiger partial charge in [0.25, 0.3) is 9.05 Å². The molecule has 0 bridgehead atoms. The highest BCUT2D eigenvalue weighted by atomic mass is 35.7. The molecule has 8 rings (SSSR count). The van der Waals surface area contributed by atoms with E-state index in [4.69, 9.17) is 24.9 Å². The lowest BCUT2D eigenvalue weighted by Gasteiger charge is -2.33. The topological polar surface area (TPSA) is 169 Å². The van der Waals surface area contributed by atoms with Crippen molar-refractivity contribution in [3.63, 3.8) is 0 Å². The Morgan fingerprint density at radius 1 is 0.629 bits per heavy atom. The molecular weight excluding hydrogens is 899 g/mol. The minimum absolute atomic E-state index is 0.0740. The van der Waals surface area contributed by atoms with E-state index in [9.17, 15) is 21.2 Å². The van der Waals surface area contributed by atoms with Crippen molar-refractivity contribution in [1.29, 1.82) is 0 Å². The van der Waals surface area contributed by atoms with Crippen LogP contribution < -0.4 is 29.3 Å². The summed E-state index contributed by atoms with van der Waals surface area (Å²) in [5, 5.41) is 5.12. The first kappa shape index (κ1) is 46.5. The van der Waals surface area contributed by atoms with Crippen molar-refractivity contribution in [2.45, 2.75) is 22.6 Å². The molecule has 2 saturated heterocycles. The van der Waals surface area contributed by atoms with Crippen LogP contribution in [-0.2, 0) is 31.9 Å². The Balaban J connectivity index is 0.000000175. The van der Waals surface area contributed by atoms with Crippen molar-refractivity contribution < 1.29 is 35.4 Å². The number of piperazine rings is 2. The molecule has 2 aliphatic heterocycles. The second kappa shape index (κ2) is 21.9. The van der Waals surface area contributed by atoms with Gasteiger partial charge in [-0.15, -0.1) is 0 Å². The molecule has 0 saturated carbocycles. The third-order valence-corrected chi connectivity index (χ3v) is 14.5. The Morgan fingerprint density at radius 3 is 1.65 bits per heavy atom. The number of anilines is 2. The van der Waals surface area contributed by atoms with Crippen LogP contribution in [0.2, 0.25) is 0 Å². The molecule has 21 heteroatoms. The van der Waals surface area contributed by atoms with Gasteiger partial charge in [0.2, 0.25) is 20.3 Å². The number of halogens is 2. The van der Waals surface area contributed by atoms with Gasteiger partial charge in [-0.25, -0.2) is 31.2 Å². The molecule has 0 amide bonds. The maximum Gasteiger partial charge on any atom is 0.261 e. The van der Waals surface area contributed by atoms with Crippen LogP contribution in [-0.4, -0.2) is 114 Å². The number of ether oxygens (including phenoxy) is 3. The third-order valence-electron chi connectivity index (χ3n) is 9.62. The van der Waals surface area contributed by atoms with E-state index in [0.717, 1.165) is 65.0 Å². The lowest BCUT2D eigenvalue weighted by atomic mass is 10.1. The maximum atomic E-state index is 12.9. The third kappa shape index (κ3) is 13.0. The van der Waals surface area contributed by atoms with E-state index in [1.54, 1.807) is 50.6 Å². The van der Waals surface area contributed by atoms with Gasteiger partial charge in [-0.05, 0) is 83.9 Å². The van der Waals surface area contributed by atoms with Crippen LogP contribution in [0.5, 0.6) is 17.2 Å². The van der Waals surface area contributed by atoms with Gasteiger partial charge in [0.05, 0.1) is 31.1 Å². The SMILES string of the molecule is COc1ccc(S(=O)(=O)Cl)cc1.COc1ccc(S(=O)(=O)N2CCN(c3nc(Cc4cccc(OC)c4)ns3)CC2)cc1.Fc1ccc(Cc2nsc(N3CCNCC3)n2)cc1. The Bertz CT molecular complexity index is 2550. The average Bonchev–Trinajstić information content (AvgIpc) is 3.98. The number of methoxy groups -OCH3 is 3. The van der Waals surface area contributed by atoms with Gasteiger partial charge in [-0.2, -0.15) is 13.1 Å². The van der Waals surface area contributed by atoms with Gasteiger partial charge in [-0.1, -0.05) is 24.3 Å². The molecule has 1 N–H and O–H groups in total. The van der Waals surface area contributed by atoms with E-state index in [2.05, 4.69) is 33.8 Å². The van der Waals surface area contributed by atoms with Crippen LogP contribution in [0.25, 0.3) is 0 Å². The van der Waals surface area contributed by atoms with Crippen molar-refractivity contribution in [3.8, 4) is 17.2 Å². The molecule has 0 aliphatic carbocycles. The number of sulfonamides is 1. The van der Waals surface area contributed by atoms with Gasteiger partial charge in [-0.3, -0.25) is 0 Å². The number of rotatable bonds is 12. The fourth-order valence-electron chi connectivity index (χ4n) is 6.25. The largest absolute Gasteiger partial charge is 0.497 e. The summed E-state index contributed by atoms with van der Waals surface area (Å²) in [7, 11) is 2.65. The van der Waals surface area contributed by atoms with Crippen LogP contribution in [0.4, 0.5) is 14.7 Å². The first-order chi connectivity index (χ1) is 29.8. The first-order valence-corrected chi connectivity index (χ1v) is 24.6. The normalized spacial score (nSPS) is 14.5. The standard InChI is InChI=1S/C21H24N4O4S2.C13H15FN4S.C7H7ClO3S/c1-28-17-6-8-19(9-7-17)31(26,27)25-12-10-24(11-13-25)21-22-20(23-30-21)15-16-4-3-5-18(14-16)29-2;14-11-3-1-10(2-4-11)9-12-16-13(19-17-12)18-7-5-15-6-8-18;1-11-6-2-4-7(5-3-6)12(8,9)10/h3-9,14H,10-13,15H2,1-2H3;1-4,15H,5-9H2;2-5H,1H3. The second-order valence-electron chi connectivity index (χ2n) is 13.7. The molecule has 15 nitrogen and oxygen atoms in total. The van der Waals surface area contributed by atoms with Crippen molar-refractivity contribution >= 4 is 63.1 Å². The van der Waals surface area contributed by atoms with Gasteiger partial charge in [0.15, 0.2) is 0 Å². The first-order valence-electron chi connectivity index (χ1n) is 19.3. The number of nitrogens with zero attached hydrogens (tertiary/aromatic N) is 7. The van der Waals surface area contributed by atoms with E-state index in [0.29, 0.717) is 50.5 Å². The average molecular weight is 946 g/mol. The zero-order chi connectivity index (χ0) is 44.1. The van der Waals surface area contributed by atoms with Crippen LogP contribution in [0, 0.1) is 5.82 Å². The number of hydrogen-bond donors (Lipinski definition) is 1. The van der Waals surface area contributed by atoms with Crippen LogP contribution >= 0.6 is 33.7 Å². The molecule has 0 radical (unpaired) electrons. The van der Waals surface area contributed by atoms with Gasteiger partial charge in [0.1, 0.15) is 34.7 Å². The highest BCUT2D eigenvalue weighted by molar-refractivity contribution is 8.13. The molecule has 2 aliphatic rings. The molecule has 0 atom stereocenters. The minimum Gasteiger partial charge on any atom is -0.497 e. The minimum atomic E-state index is -3.61. The predicted molar refractivity (Wildman–Crippen MR) is 240 cm³/mol. The fraction of sp³-hybridized carbons (Fsp3) is 0.317. The summed E-state index contributed by atoms with van der Waals surface area (Å²) in [5.74, 6) is 3.38. The molecule has 2 fully saturated rings. The monoisotopic (exact) mass is 944 g/mol. The Kier molecular flexibility index (Phi) is 16.4. The van der Waals surface area contributed by atoms with E-state index in [-0.39, 0.29) is 15.6 Å². The molecule has 4 aromatic carbocycles. The second-order valence-corrected chi connectivity index (χ2v) is 19.7. The summed E-state index contributed by atoms with van der Waals surface area (Å²) >= 11 is 2.79. The maximum absolute atomic E-state index is 12.9. The van der Waals surface area contributed by atoms with E-state index in [1.165, 1.54) is 70.9 Å². The van der Waals surface area contributed by atoms with Crippen molar-refractivity contribution in [3.05, 3.63) is 126 Å². The zero-order valence-corrected chi connectivity index (χ0v) is 38.2. The molecule has 0 spiro atoms. The summed E-state index contributed by atoms with van der Waals surface area (Å²) in [6.07, 6.45) is 1.28. The van der Waals surface area contributed by atoms with Gasteiger partial charge in [0, 0.05) is 98.9 Å². The van der Waals surface area contributed by atoms with E-state index in [1.807, 2.05) is 24.3 Å². The summed E-state index contributed by atoms with van der Waals surface area (Å²) in [6.45, 7) is 5.89. The lowest BCUT2D eigenvalue weighted by Crippen LogP contribution is -2.48. The smallest absolute Gasteiger partial charge is 0.261 e. The Labute approximate surface area is 373 Å². The highest BCUT2D eigenvalue weighted by Gasteiger charge is 2.29. The molecule has 2 aromatic heterocycles. The van der Waals surface area contributed by atoms with E-state index >= 15 is 0 Å². The Hall–Kier alpha value is -4.96. The number of nitrogens with one attached hydrogen (secondary N) is 1. The summed E-state index contributed by atoms with van der Waals surface area (Å²) < 4.78 is 85.8. The molecule has 0 unspecified atom stereocenters. The summed E-state index contributed by atoms with van der Waals surface area (Å²) in [6, 6.07) is 26.7. The zero-order valence-electron chi connectivity index (χ0n) is 34.2. The fourth-order valence-corrected chi connectivity index (χ4v) is 9.92. The van der Waals surface area contributed by atoms with Gasteiger partial charge < -0.3 is 29.3 Å².